The molecule has 0 spiro atoms. The van der Waals surface area contributed by atoms with Crippen molar-refractivity contribution in [2.45, 2.75) is 19.6 Å². The van der Waals surface area contributed by atoms with Gasteiger partial charge in [0.25, 0.3) is 5.52 Å². The van der Waals surface area contributed by atoms with Crippen molar-refractivity contribution in [3.63, 3.8) is 0 Å². The molecule has 6 heteroatoms. The van der Waals surface area contributed by atoms with Crippen LogP contribution in [0.3, 0.4) is 0 Å². The molecule has 0 unspecified atom stereocenters. The second kappa shape index (κ2) is 2.33. The summed E-state index contributed by atoms with van der Waals surface area (Å²) in [5, 5.41) is 14.7. The van der Waals surface area contributed by atoms with E-state index in [-0.39, 0.29) is 0 Å². The number of rotatable bonds is 0. The van der Waals surface area contributed by atoms with Crippen LogP contribution in [0.15, 0.2) is 16.8 Å². The van der Waals surface area contributed by atoms with Crippen molar-refractivity contribution in [3.05, 3.63) is 17.3 Å². The van der Waals surface area contributed by atoms with E-state index in [1.165, 1.54) is 0 Å². The summed E-state index contributed by atoms with van der Waals surface area (Å²) in [6, 6.07) is 3.18. The van der Waals surface area contributed by atoms with E-state index in [1.54, 1.807) is 26.0 Å². The average molecular weight is 208 g/mol. The number of fused-ring (bicyclic) bond motifs is 2. The lowest BCUT2D eigenvalue weighted by molar-refractivity contribution is -0.782. The first-order valence-electron chi connectivity index (χ1n) is 4.47. The summed E-state index contributed by atoms with van der Waals surface area (Å²) in [5.74, 6) is 0.396. The monoisotopic (exact) mass is 208 g/mol. The van der Waals surface area contributed by atoms with Crippen LogP contribution < -0.4 is 14.4 Å². The maximum Gasteiger partial charge on any atom is 0.252 e. The molecule has 3 rings (SSSR count). The van der Waals surface area contributed by atoms with Gasteiger partial charge >= 0.3 is 0 Å². The third-order valence-electron chi connectivity index (χ3n) is 2.16. The van der Waals surface area contributed by atoms with Crippen LogP contribution >= 0.6 is 0 Å². The summed E-state index contributed by atoms with van der Waals surface area (Å²) in [7, 11) is 0. The van der Waals surface area contributed by atoms with Crippen molar-refractivity contribution in [3.8, 4) is 11.5 Å². The summed E-state index contributed by atoms with van der Waals surface area (Å²) in [5.41, 5.74) is 0.778. The van der Waals surface area contributed by atoms with Gasteiger partial charge in [0.05, 0.1) is 0 Å². The van der Waals surface area contributed by atoms with Crippen molar-refractivity contribution < 1.29 is 19.0 Å². The number of benzene rings is 1. The molecule has 1 aliphatic heterocycles. The van der Waals surface area contributed by atoms with Gasteiger partial charge in [0.1, 0.15) is 0 Å². The van der Waals surface area contributed by atoms with E-state index in [0.29, 0.717) is 27.4 Å². The van der Waals surface area contributed by atoms with E-state index in [4.69, 9.17) is 9.47 Å². The largest absolute Gasteiger partial charge is 0.449 e. The van der Waals surface area contributed by atoms with E-state index in [2.05, 4.69) is 9.79 Å². The first-order chi connectivity index (χ1) is 7.05. The molecule has 0 bridgehead atoms. The van der Waals surface area contributed by atoms with Gasteiger partial charge in [-0.1, -0.05) is 0 Å². The number of nitrogens with zero attached hydrogens (tertiary/aromatic N) is 2. The Morgan fingerprint density at radius 3 is 2.67 bits per heavy atom. The molecule has 1 aromatic carbocycles. The minimum Gasteiger partial charge on any atom is -0.449 e. The maximum atomic E-state index is 11.1. The van der Waals surface area contributed by atoms with Gasteiger partial charge in [-0.25, -0.2) is 0 Å². The van der Waals surface area contributed by atoms with Gasteiger partial charge in [-0.15, -0.1) is 0 Å². The fourth-order valence-electron chi connectivity index (χ4n) is 1.59. The van der Waals surface area contributed by atoms with Crippen LogP contribution in [-0.4, -0.2) is 10.9 Å². The van der Waals surface area contributed by atoms with Crippen molar-refractivity contribution in [2.75, 3.05) is 0 Å². The van der Waals surface area contributed by atoms with Crippen LogP contribution in [0.4, 0.5) is 0 Å². The molecule has 15 heavy (non-hydrogen) atoms. The van der Waals surface area contributed by atoms with Crippen molar-refractivity contribution in [1.82, 2.24) is 5.16 Å². The van der Waals surface area contributed by atoms with Crippen molar-refractivity contribution in [2.24, 2.45) is 0 Å². The van der Waals surface area contributed by atoms with Crippen LogP contribution in [0.25, 0.3) is 11.0 Å². The predicted octanol–water partition coefficient (Wildman–Crippen LogP) is 0.968. The van der Waals surface area contributed by atoms with E-state index in [0.717, 1.165) is 0 Å². The molecule has 0 saturated heterocycles. The summed E-state index contributed by atoms with van der Waals surface area (Å²) in [4.78, 5) is 0.338. The lowest BCUT2D eigenvalue weighted by Gasteiger charge is -2.16. The SMILES string of the molecule is CC1(C)Oc2cc3no[n+]([O-])c3cc2O1. The summed E-state index contributed by atoms with van der Waals surface area (Å²) in [6.07, 6.45) is 0. The molecule has 0 amide bonds. The van der Waals surface area contributed by atoms with Crippen molar-refractivity contribution in [1.29, 1.82) is 0 Å². The van der Waals surface area contributed by atoms with E-state index in [9.17, 15) is 5.21 Å². The molecule has 2 heterocycles. The molecule has 0 atom stereocenters. The highest BCUT2D eigenvalue weighted by molar-refractivity contribution is 5.76. The fraction of sp³-hybridized carbons (Fsp3) is 0.333. The molecular formula is C9H8N2O4. The van der Waals surface area contributed by atoms with E-state index >= 15 is 0 Å². The second-order valence-corrected chi connectivity index (χ2v) is 3.82. The van der Waals surface area contributed by atoms with Crippen LogP contribution in [0.1, 0.15) is 13.8 Å². The normalized spacial score (nSPS) is 17.2. The van der Waals surface area contributed by atoms with Gasteiger partial charge < -0.3 is 14.7 Å². The summed E-state index contributed by atoms with van der Waals surface area (Å²) >= 11 is 0. The number of aromatic nitrogens is 2. The zero-order chi connectivity index (χ0) is 10.6. The average Bonchev–Trinajstić information content (AvgIpc) is 2.62. The fourth-order valence-corrected chi connectivity index (χ4v) is 1.59. The molecule has 1 aliphatic rings. The van der Waals surface area contributed by atoms with Crippen LogP contribution in [0, 0.1) is 5.21 Å². The first-order valence-corrected chi connectivity index (χ1v) is 4.47. The zero-order valence-corrected chi connectivity index (χ0v) is 8.18. The van der Waals surface area contributed by atoms with Crippen molar-refractivity contribution >= 4 is 11.0 Å². The quantitative estimate of drug-likeness (QED) is 0.603. The minimum atomic E-state index is -0.702. The Kier molecular flexibility index (Phi) is 1.30. The highest BCUT2D eigenvalue weighted by atomic mass is 16.8. The van der Waals surface area contributed by atoms with Crippen LogP contribution in [0.2, 0.25) is 0 Å². The van der Waals surface area contributed by atoms with Gasteiger partial charge in [0, 0.05) is 31.1 Å². The molecule has 1 aromatic heterocycles. The Hall–Kier alpha value is -1.98. The summed E-state index contributed by atoms with van der Waals surface area (Å²) < 4.78 is 15.4. The predicted molar refractivity (Wildman–Crippen MR) is 48.3 cm³/mol. The van der Waals surface area contributed by atoms with Gasteiger partial charge in [-0.05, 0) is 4.90 Å². The van der Waals surface area contributed by atoms with E-state index in [1.807, 2.05) is 0 Å². The van der Waals surface area contributed by atoms with Gasteiger partial charge in [-0.3, -0.25) is 4.63 Å². The molecule has 0 saturated carbocycles. The van der Waals surface area contributed by atoms with Gasteiger partial charge in [0.15, 0.2) is 11.5 Å². The zero-order valence-electron chi connectivity index (χ0n) is 8.18. The molecule has 0 radical (unpaired) electrons. The third kappa shape index (κ3) is 1.11. The number of ether oxygens (including phenoxy) is 2. The highest BCUT2D eigenvalue weighted by Gasteiger charge is 2.33. The Morgan fingerprint density at radius 2 is 1.93 bits per heavy atom. The third-order valence-corrected chi connectivity index (χ3v) is 2.16. The molecule has 78 valence electrons. The molecule has 0 N–H and O–H groups in total. The lowest BCUT2D eigenvalue weighted by atomic mass is 10.3. The minimum absolute atomic E-state index is 0.329. The molecule has 0 fully saturated rings. The first kappa shape index (κ1) is 8.34. The second-order valence-electron chi connectivity index (χ2n) is 3.82. The Morgan fingerprint density at radius 1 is 1.27 bits per heavy atom. The van der Waals surface area contributed by atoms with Gasteiger partial charge in [0.2, 0.25) is 11.3 Å². The lowest BCUT2D eigenvalue weighted by Crippen LogP contribution is -2.29. The Bertz CT molecular complexity index is 546. The molecule has 2 aromatic rings. The number of hydrogen-bond acceptors (Lipinski definition) is 5. The maximum absolute atomic E-state index is 11.1. The summed E-state index contributed by atoms with van der Waals surface area (Å²) in [6.45, 7) is 3.58. The van der Waals surface area contributed by atoms with E-state index < -0.39 is 5.79 Å². The highest BCUT2D eigenvalue weighted by Crippen LogP contribution is 2.40. The van der Waals surface area contributed by atoms with Crippen LogP contribution in [0.5, 0.6) is 11.5 Å². The van der Waals surface area contributed by atoms with Gasteiger partial charge in [-0.2, -0.15) is 0 Å². The Balaban J connectivity index is 2.24. The Labute approximate surface area is 84.5 Å². The van der Waals surface area contributed by atoms with Crippen LogP contribution in [-0.2, 0) is 0 Å². The topological polar surface area (TPSA) is 71.4 Å². The number of hydrogen-bond donors (Lipinski definition) is 0. The molecular weight excluding hydrogens is 200 g/mol. The molecule has 0 aliphatic carbocycles. The standard InChI is InChI=1S/C9H8N2O4/c1-9(2)13-7-3-5-6(4-8(7)14-9)11(12)15-10-5/h3-4H,1-2H3. The smallest absolute Gasteiger partial charge is 0.252 e. The molecule has 6 nitrogen and oxygen atoms in total.